The van der Waals surface area contributed by atoms with Crippen LogP contribution >= 0.6 is 0 Å². The Kier molecular flexibility index (Phi) is 11.7. The summed E-state index contributed by atoms with van der Waals surface area (Å²) in [6, 6.07) is 0. The standard InChI is InChI=1S/C2H3FO3.C2H4/c3-1-6-2(4)5;1-2/h1H2,(H,4,5);1-2H2. The van der Waals surface area contributed by atoms with Crippen molar-refractivity contribution in [3.05, 3.63) is 13.2 Å². The van der Waals surface area contributed by atoms with E-state index in [1.807, 2.05) is 0 Å². The van der Waals surface area contributed by atoms with Crippen LogP contribution in [-0.2, 0) is 4.74 Å². The molecule has 0 aromatic rings. The molecule has 0 aromatic carbocycles. The molecule has 8 heavy (non-hydrogen) atoms. The highest BCUT2D eigenvalue weighted by atomic mass is 19.1. The first-order valence-electron chi connectivity index (χ1n) is 1.69. The largest absolute Gasteiger partial charge is 0.508 e. The minimum Gasteiger partial charge on any atom is -0.450 e. The van der Waals surface area contributed by atoms with Crippen LogP contribution in [0.15, 0.2) is 13.2 Å². The van der Waals surface area contributed by atoms with E-state index in [4.69, 9.17) is 9.90 Å². The summed E-state index contributed by atoms with van der Waals surface area (Å²) in [5.41, 5.74) is 0. The van der Waals surface area contributed by atoms with E-state index in [-0.39, 0.29) is 0 Å². The summed E-state index contributed by atoms with van der Waals surface area (Å²) in [5, 5.41) is 7.45. The van der Waals surface area contributed by atoms with Crippen LogP contribution in [0.1, 0.15) is 0 Å². The van der Waals surface area contributed by atoms with Crippen molar-refractivity contribution in [2.45, 2.75) is 0 Å². The number of carboxylic acid groups (broad SMARTS) is 1. The topological polar surface area (TPSA) is 46.5 Å². The number of rotatable bonds is 1. The minimum atomic E-state index is -1.59. The molecule has 0 fully saturated rings. The fourth-order valence-electron chi connectivity index (χ4n) is 0.0467. The Morgan fingerprint density at radius 2 is 2.12 bits per heavy atom. The number of carbonyl (C=O) groups is 1. The van der Waals surface area contributed by atoms with E-state index in [0.717, 1.165) is 0 Å². The number of ether oxygens (including phenoxy) is 1. The molecule has 48 valence electrons. The molecule has 1 N–H and O–H groups in total. The highest BCUT2D eigenvalue weighted by molar-refractivity contribution is 5.56. The lowest BCUT2D eigenvalue weighted by molar-refractivity contribution is 0.0547. The van der Waals surface area contributed by atoms with Gasteiger partial charge in [0, 0.05) is 0 Å². The third kappa shape index (κ3) is 20.4. The molecule has 0 bridgehead atoms. The maximum atomic E-state index is 10.6. The highest BCUT2D eigenvalue weighted by Crippen LogP contribution is 1.72. The van der Waals surface area contributed by atoms with Crippen molar-refractivity contribution >= 4 is 6.16 Å². The summed E-state index contributed by atoms with van der Waals surface area (Å²) in [4.78, 5) is 9.14. The molecule has 0 saturated heterocycles. The quantitative estimate of drug-likeness (QED) is 0.422. The van der Waals surface area contributed by atoms with E-state index in [0.29, 0.717) is 0 Å². The molecular weight excluding hydrogens is 115 g/mol. The average Bonchev–Trinajstić information content (AvgIpc) is 1.72. The zero-order chi connectivity index (χ0) is 6.99. The average molecular weight is 122 g/mol. The first-order valence-corrected chi connectivity index (χ1v) is 1.69. The normalized spacial score (nSPS) is 6.12. The summed E-state index contributed by atoms with van der Waals surface area (Å²) >= 11 is 0. The second kappa shape index (κ2) is 9.34. The van der Waals surface area contributed by atoms with Gasteiger partial charge in [0.05, 0.1) is 0 Å². The van der Waals surface area contributed by atoms with Crippen LogP contribution in [0.25, 0.3) is 0 Å². The Hall–Kier alpha value is -1.06. The number of hydrogen-bond donors (Lipinski definition) is 1. The third-order valence-electron chi connectivity index (χ3n) is 0.178. The first kappa shape index (κ1) is 10.0. The van der Waals surface area contributed by atoms with Crippen LogP contribution in [0.3, 0.4) is 0 Å². The van der Waals surface area contributed by atoms with E-state index in [1.165, 1.54) is 0 Å². The van der Waals surface area contributed by atoms with Gasteiger partial charge in [-0.3, -0.25) is 0 Å². The molecule has 0 amide bonds. The van der Waals surface area contributed by atoms with Crippen LogP contribution in [0.5, 0.6) is 0 Å². The minimum absolute atomic E-state index is 1.27. The van der Waals surface area contributed by atoms with Crippen molar-refractivity contribution in [3.63, 3.8) is 0 Å². The van der Waals surface area contributed by atoms with Crippen molar-refractivity contribution in [1.82, 2.24) is 0 Å². The van der Waals surface area contributed by atoms with Gasteiger partial charge >= 0.3 is 6.16 Å². The Balaban J connectivity index is 0. The zero-order valence-corrected chi connectivity index (χ0v) is 4.26. The van der Waals surface area contributed by atoms with E-state index in [9.17, 15) is 4.39 Å². The predicted molar refractivity (Wildman–Crippen MR) is 26.3 cm³/mol. The lowest BCUT2D eigenvalue weighted by atomic mass is 11.3. The molecule has 0 aliphatic heterocycles. The molecule has 0 atom stereocenters. The molecule has 0 radical (unpaired) electrons. The van der Waals surface area contributed by atoms with Crippen molar-refractivity contribution < 1.29 is 19.0 Å². The van der Waals surface area contributed by atoms with Crippen LogP contribution in [-0.4, -0.2) is 18.1 Å². The van der Waals surface area contributed by atoms with Crippen LogP contribution in [0.2, 0.25) is 0 Å². The van der Waals surface area contributed by atoms with E-state index in [2.05, 4.69) is 17.9 Å². The summed E-state index contributed by atoms with van der Waals surface area (Å²) in [6.07, 6.45) is -1.59. The second-order valence-electron chi connectivity index (χ2n) is 0.519. The van der Waals surface area contributed by atoms with Crippen LogP contribution < -0.4 is 0 Å². The smallest absolute Gasteiger partial charge is 0.450 e. The molecule has 0 unspecified atom stereocenters. The van der Waals surface area contributed by atoms with Crippen molar-refractivity contribution in [2.24, 2.45) is 0 Å². The maximum absolute atomic E-state index is 10.6. The molecule has 0 spiro atoms. The van der Waals surface area contributed by atoms with E-state index in [1.54, 1.807) is 0 Å². The number of halogens is 1. The Morgan fingerprint density at radius 1 is 1.75 bits per heavy atom. The van der Waals surface area contributed by atoms with Gasteiger partial charge in [-0.2, -0.15) is 0 Å². The summed E-state index contributed by atoms with van der Waals surface area (Å²) in [7, 11) is 0. The third-order valence-corrected chi connectivity index (χ3v) is 0.178. The molecule has 0 aromatic heterocycles. The van der Waals surface area contributed by atoms with Crippen molar-refractivity contribution in [1.29, 1.82) is 0 Å². The van der Waals surface area contributed by atoms with E-state index < -0.39 is 13.0 Å². The molecule has 4 heteroatoms. The molecular formula is C4H7FO3. The molecule has 0 aliphatic rings. The Labute approximate surface area is 46.4 Å². The monoisotopic (exact) mass is 122 g/mol. The van der Waals surface area contributed by atoms with Gasteiger partial charge < -0.3 is 9.84 Å². The fraction of sp³-hybridized carbons (Fsp3) is 0.250. The van der Waals surface area contributed by atoms with Crippen LogP contribution in [0.4, 0.5) is 9.18 Å². The number of hydrogen-bond acceptors (Lipinski definition) is 2. The van der Waals surface area contributed by atoms with Gasteiger partial charge in [0.1, 0.15) is 0 Å². The van der Waals surface area contributed by atoms with Crippen molar-refractivity contribution in [3.8, 4) is 0 Å². The van der Waals surface area contributed by atoms with Gasteiger partial charge in [0.15, 0.2) is 0 Å². The lowest BCUT2D eigenvalue weighted by Crippen LogP contribution is -1.96. The molecule has 0 rings (SSSR count). The lowest BCUT2D eigenvalue weighted by Gasteiger charge is -1.84. The van der Waals surface area contributed by atoms with Gasteiger partial charge in [-0.05, 0) is 0 Å². The molecule has 0 aliphatic carbocycles. The SMILES string of the molecule is C=C.O=C(O)OCF. The van der Waals surface area contributed by atoms with Crippen LogP contribution in [0, 0.1) is 0 Å². The van der Waals surface area contributed by atoms with E-state index >= 15 is 0 Å². The van der Waals surface area contributed by atoms with Gasteiger partial charge in [-0.1, -0.05) is 0 Å². The van der Waals surface area contributed by atoms with Gasteiger partial charge in [-0.15, -0.1) is 13.2 Å². The fourth-order valence-corrected chi connectivity index (χ4v) is 0.0467. The highest BCUT2D eigenvalue weighted by Gasteiger charge is 1.88. The maximum Gasteiger partial charge on any atom is 0.508 e. The predicted octanol–water partition coefficient (Wildman–Crippen LogP) is 1.41. The zero-order valence-electron chi connectivity index (χ0n) is 4.26. The summed E-state index contributed by atoms with van der Waals surface area (Å²) in [5.74, 6) is 0. The second-order valence-corrected chi connectivity index (χ2v) is 0.519. The molecule has 0 heterocycles. The first-order chi connectivity index (χ1) is 3.77. The summed E-state index contributed by atoms with van der Waals surface area (Å²) < 4.78 is 13.9. The van der Waals surface area contributed by atoms with Gasteiger partial charge in [-0.25, -0.2) is 9.18 Å². The van der Waals surface area contributed by atoms with Gasteiger partial charge in [0.25, 0.3) is 0 Å². The van der Waals surface area contributed by atoms with Gasteiger partial charge in [0.2, 0.25) is 6.86 Å². The summed E-state index contributed by atoms with van der Waals surface area (Å²) in [6.45, 7) is 4.73. The molecule has 0 saturated carbocycles. The Bertz CT molecular complexity index is 64.3. The number of alkyl halides is 1. The van der Waals surface area contributed by atoms with Crippen molar-refractivity contribution in [2.75, 3.05) is 6.86 Å². The molecule has 3 nitrogen and oxygen atoms in total. The Morgan fingerprint density at radius 3 is 2.12 bits per heavy atom.